The minimum atomic E-state index is -5.96. The van der Waals surface area contributed by atoms with Crippen molar-refractivity contribution in [2.24, 2.45) is 0 Å². The maximum absolute atomic E-state index is 13.5. The van der Waals surface area contributed by atoms with Crippen LogP contribution in [0.5, 0.6) is 5.75 Å². The zero-order valence-electron chi connectivity index (χ0n) is 31.8. The highest BCUT2D eigenvalue weighted by molar-refractivity contribution is 7.91. The van der Waals surface area contributed by atoms with Crippen LogP contribution in [0.4, 0.5) is 11.5 Å². The number of nitrogens with zero attached hydrogens (tertiary/aromatic N) is 4. The van der Waals surface area contributed by atoms with Crippen LogP contribution in [0.2, 0.25) is 0 Å². The van der Waals surface area contributed by atoms with Gasteiger partial charge in [0.1, 0.15) is 18.2 Å². The first-order valence-corrected chi connectivity index (χ1v) is 24.8. The molecule has 0 aliphatic carbocycles. The van der Waals surface area contributed by atoms with E-state index in [0.717, 1.165) is 32.6 Å². The van der Waals surface area contributed by atoms with E-state index in [4.69, 9.17) is 18.5 Å². The molecule has 4 N–H and O–H groups in total. The van der Waals surface area contributed by atoms with Gasteiger partial charge in [0.05, 0.1) is 30.2 Å². The molecule has 1 aliphatic rings. The predicted octanol–water partition coefficient (Wildman–Crippen LogP) is 7.65. The summed E-state index contributed by atoms with van der Waals surface area (Å²) in [5.41, 5.74) is 1.36. The molecule has 3 heterocycles. The molecule has 4 unspecified atom stereocenters. The summed E-state index contributed by atoms with van der Waals surface area (Å²) in [5.74, 6) is -0.192. The molecule has 62 heavy (non-hydrogen) atoms. The maximum atomic E-state index is 13.5. The molecule has 1 aliphatic heterocycles. The number of hydrogen-bond donors (Lipinski definition) is 4. The number of phosphoric acid groups is 3. The van der Waals surface area contributed by atoms with E-state index in [1.807, 2.05) is 60.7 Å². The molecule has 1 saturated heterocycles. The molecular weight excluding hydrogens is 887 g/mol. The summed E-state index contributed by atoms with van der Waals surface area (Å²) < 4.78 is 98.4. The quantitative estimate of drug-likeness (QED) is 0.0536. The molecule has 320 valence electrons. The number of sulfone groups is 1. The van der Waals surface area contributed by atoms with Gasteiger partial charge in [0.25, 0.3) is 0 Å². The second-order valence-electron chi connectivity index (χ2n) is 13.9. The SMILES string of the molecule is O=P(O)(OCCS(=O)(=O)c1ccc2ccc3cccc4ccc1c2c34)OP(=O)(O)OP(=O)(O)O[C@H]1CO[C@@H](n2cnc3c(Nc4ccccc4)ncnc32)C1Oc1ccccc1. The number of nitrogens with one attached hydrogen (secondary N) is 1. The van der Waals surface area contributed by atoms with Crippen LogP contribution in [0.1, 0.15) is 6.23 Å². The summed E-state index contributed by atoms with van der Waals surface area (Å²) in [6.07, 6.45) is -1.18. The van der Waals surface area contributed by atoms with Crippen LogP contribution in [0.25, 0.3) is 43.5 Å². The highest BCUT2D eigenvalue weighted by atomic mass is 32.2. The number of anilines is 2. The number of aromatic nitrogens is 4. The Morgan fingerprint density at radius 2 is 1.40 bits per heavy atom. The summed E-state index contributed by atoms with van der Waals surface area (Å²) in [5, 5.41) is 7.83. The smallest absolute Gasteiger partial charge is 0.483 e. The van der Waals surface area contributed by atoms with Crippen LogP contribution in [0, 0.1) is 0 Å². The van der Waals surface area contributed by atoms with Gasteiger partial charge in [0.2, 0.25) is 0 Å². The monoisotopic (exact) mass is 921 g/mol. The first-order valence-electron chi connectivity index (χ1n) is 18.6. The van der Waals surface area contributed by atoms with Crippen molar-refractivity contribution in [3.8, 4) is 5.75 Å². The van der Waals surface area contributed by atoms with Crippen molar-refractivity contribution in [1.29, 1.82) is 0 Å². The van der Waals surface area contributed by atoms with Crippen molar-refractivity contribution in [2.45, 2.75) is 23.3 Å². The van der Waals surface area contributed by atoms with E-state index in [1.165, 1.54) is 23.3 Å². The highest BCUT2D eigenvalue weighted by Gasteiger charge is 2.49. The average Bonchev–Trinajstić information content (AvgIpc) is 3.83. The summed E-state index contributed by atoms with van der Waals surface area (Å²) in [7, 11) is -21.5. The number of benzene rings is 6. The van der Waals surface area contributed by atoms with Gasteiger partial charge in [0.15, 0.2) is 39.2 Å². The van der Waals surface area contributed by atoms with Crippen LogP contribution in [0.15, 0.2) is 133 Å². The Bertz CT molecular complexity index is 3190. The van der Waals surface area contributed by atoms with E-state index in [1.54, 1.807) is 48.5 Å². The molecule has 0 bridgehead atoms. The van der Waals surface area contributed by atoms with E-state index in [0.29, 0.717) is 16.7 Å². The van der Waals surface area contributed by atoms with Crippen molar-refractivity contribution in [2.75, 3.05) is 24.3 Å². The fourth-order valence-electron chi connectivity index (χ4n) is 7.32. The fraction of sp³-hybridized carbons (Fsp3) is 0.154. The number of imidazole rings is 1. The number of hydrogen-bond acceptors (Lipinski definition) is 15. The third-order valence-electron chi connectivity index (χ3n) is 9.88. The van der Waals surface area contributed by atoms with Gasteiger partial charge >= 0.3 is 23.5 Å². The van der Waals surface area contributed by atoms with E-state index >= 15 is 0 Å². The number of ether oxygens (including phenoxy) is 2. The second kappa shape index (κ2) is 16.5. The van der Waals surface area contributed by atoms with Crippen molar-refractivity contribution >= 4 is 88.3 Å². The number of fused-ring (bicyclic) bond motifs is 1. The van der Waals surface area contributed by atoms with Crippen molar-refractivity contribution in [3.63, 3.8) is 0 Å². The maximum Gasteiger partial charge on any atom is 0.490 e. The van der Waals surface area contributed by atoms with E-state index in [2.05, 4.69) is 28.9 Å². The van der Waals surface area contributed by atoms with Gasteiger partial charge < -0.3 is 29.5 Å². The third kappa shape index (κ3) is 8.74. The van der Waals surface area contributed by atoms with Crippen LogP contribution in [-0.4, -0.2) is 73.8 Å². The molecule has 23 heteroatoms. The second-order valence-corrected chi connectivity index (χ2v) is 20.6. The van der Waals surface area contributed by atoms with Crippen molar-refractivity contribution < 1.29 is 63.9 Å². The Balaban J connectivity index is 0.876. The van der Waals surface area contributed by atoms with Crippen molar-refractivity contribution in [3.05, 3.63) is 128 Å². The lowest BCUT2D eigenvalue weighted by Gasteiger charge is -2.26. The molecule has 19 nitrogen and oxygen atoms in total. The molecule has 0 amide bonds. The van der Waals surface area contributed by atoms with E-state index < -0.39 is 70.7 Å². The highest BCUT2D eigenvalue weighted by Crippen LogP contribution is 2.68. The van der Waals surface area contributed by atoms with Gasteiger partial charge in [0, 0.05) is 11.1 Å². The normalized spacial score (nSPS) is 20.0. The van der Waals surface area contributed by atoms with Gasteiger partial charge in [-0.2, -0.15) is 8.62 Å². The zero-order chi connectivity index (χ0) is 43.3. The van der Waals surface area contributed by atoms with Gasteiger partial charge in [-0.25, -0.2) is 37.1 Å². The Hall–Kier alpha value is -5.17. The van der Waals surface area contributed by atoms with E-state index in [9.17, 15) is 36.8 Å². The first-order chi connectivity index (χ1) is 29.7. The summed E-state index contributed by atoms with van der Waals surface area (Å²) in [6.45, 7) is -1.42. The van der Waals surface area contributed by atoms with Gasteiger partial charge in [-0.15, -0.1) is 0 Å². The standard InChI is InChI=1S/C39H34N5O14P3S/c45-59(46,54-20-21-62(51,52)32-19-17-27-15-14-25-8-7-9-26-16-18-30(32)34(27)33(25)26)57-61(49,50)58-60(47,48)56-31-22-53-39(36(31)55-29-12-5-2-6-13-29)44-24-42-35-37(40-23-41-38(35)44)43-28-10-3-1-4-11-28/h1-19,23-24,31,36,39H,20-22H2,(H,45,46)(H,47,48)(H,49,50)(H,40,41,43)/t31-,36?,39+/m0/s1. The van der Waals surface area contributed by atoms with E-state index in [-0.39, 0.29) is 16.3 Å². The molecule has 0 spiro atoms. The number of para-hydroxylation sites is 2. The summed E-state index contributed by atoms with van der Waals surface area (Å²) in [6, 6.07) is 33.6. The van der Waals surface area contributed by atoms with Crippen LogP contribution < -0.4 is 10.1 Å². The molecule has 0 radical (unpaired) electrons. The minimum Gasteiger partial charge on any atom is -0.483 e. The Kier molecular flexibility index (Phi) is 11.2. The lowest BCUT2D eigenvalue weighted by molar-refractivity contribution is -0.00264. The Morgan fingerprint density at radius 1 is 0.742 bits per heavy atom. The molecule has 6 aromatic carbocycles. The van der Waals surface area contributed by atoms with Crippen LogP contribution in [0.3, 0.4) is 0 Å². The van der Waals surface area contributed by atoms with Crippen molar-refractivity contribution in [1.82, 2.24) is 19.5 Å². The van der Waals surface area contributed by atoms with Crippen LogP contribution in [-0.2, 0) is 45.9 Å². The lowest BCUT2D eigenvalue weighted by Crippen LogP contribution is -2.35. The topological polar surface area (TPSA) is 257 Å². The predicted molar refractivity (Wildman–Crippen MR) is 226 cm³/mol. The molecule has 6 atom stereocenters. The van der Waals surface area contributed by atoms with Crippen LogP contribution >= 0.6 is 23.5 Å². The summed E-state index contributed by atoms with van der Waals surface area (Å²) in [4.78, 5) is 44.4. The molecule has 9 rings (SSSR count). The van der Waals surface area contributed by atoms with Gasteiger partial charge in [-0.3, -0.25) is 13.6 Å². The minimum absolute atomic E-state index is 0.0675. The Labute approximate surface area is 351 Å². The fourth-order valence-corrected chi connectivity index (χ4v) is 12.4. The van der Waals surface area contributed by atoms with Gasteiger partial charge in [-0.05, 0) is 57.3 Å². The number of phosphoric ester groups is 2. The first kappa shape index (κ1) is 42.1. The number of rotatable bonds is 16. The molecule has 1 fully saturated rings. The molecule has 8 aromatic rings. The third-order valence-corrected chi connectivity index (χ3v) is 16.0. The summed E-state index contributed by atoms with van der Waals surface area (Å²) >= 11 is 0. The average molecular weight is 922 g/mol. The lowest BCUT2D eigenvalue weighted by atomic mass is 9.94. The Morgan fingerprint density at radius 3 is 2.15 bits per heavy atom. The molecule has 0 saturated carbocycles. The molecule has 2 aromatic heterocycles. The zero-order valence-corrected chi connectivity index (χ0v) is 35.3. The molecular formula is C39H34N5O14P3S. The van der Waals surface area contributed by atoms with Gasteiger partial charge in [-0.1, -0.05) is 84.9 Å². The largest absolute Gasteiger partial charge is 0.490 e.